The molecular formula is C61H100O6. The number of hydrogen-bond acceptors (Lipinski definition) is 6. The molecule has 380 valence electrons. The van der Waals surface area contributed by atoms with E-state index in [1.54, 1.807) is 0 Å². The number of allylic oxidation sites excluding steroid dienone is 18. The smallest absolute Gasteiger partial charge is 0.306 e. The lowest BCUT2D eigenvalue weighted by Gasteiger charge is -2.18. The molecule has 0 aromatic rings. The molecule has 0 saturated heterocycles. The number of carbonyl (C=O) groups is 3. The molecule has 0 heterocycles. The monoisotopic (exact) mass is 929 g/mol. The largest absolute Gasteiger partial charge is 0.462 e. The van der Waals surface area contributed by atoms with Crippen molar-refractivity contribution >= 4 is 17.9 Å². The van der Waals surface area contributed by atoms with Gasteiger partial charge in [-0.05, 0) is 89.9 Å². The molecule has 0 radical (unpaired) electrons. The van der Waals surface area contributed by atoms with Gasteiger partial charge in [0.1, 0.15) is 13.2 Å². The van der Waals surface area contributed by atoms with E-state index in [0.29, 0.717) is 19.3 Å². The number of rotatable bonds is 48. The Hall–Kier alpha value is -3.93. The molecule has 6 nitrogen and oxygen atoms in total. The van der Waals surface area contributed by atoms with Gasteiger partial charge >= 0.3 is 17.9 Å². The predicted molar refractivity (Wildman–Crippen MR) is 288 cm³/mol. The summed E-state index contributed by atoms with van der Waals surface area (Å²) in [7, 11) is 0. The fourth-order valence-electron chi connectivity index (χ4n) is 7.25. The van der Waals surface area contributed by atoms with Crippen molar-refractivity contribution < 1.29 is 28.6 Å². The lowest BCUT2D eigenvalue weighted by Crippen LogP contribution is -2.30. The summed E-state index contributed by atoms with van der Waals surface area (Å²) in [5.41, 5.74) is 0. The molecule has 0 amide bonds. The molecule has 0 aliphatic heterocycles. The third-order valence-corrected chi connectivity index (χ3v) is 11.4. The van der Waals surface area contributed by atoms with Gasteiger partial charge in [-0.1, -0.05) is 239 Å². The molecule has 0 N–H and O–H groups in total. The first-order valence-electron chi connectivity index (χ1n) is 27.5. The first kappa shape index (κ1) is 63.1. The Morgan fingerprint density at radius 3 is 1.12 bits per heavy atom. The van der Waals surface area contributed by atoms with E-state index < -0.39 is 6.10 Å². The third-order valence-electron chi connectivity index (χ3n) is 11.4. The number of carbonyl (C=O) groups excluding carboxylic acids is 3. The molecular weight excluding hydrogens is 829 g/mol. The molecule has 1 atom stereocenters. The van der Waals surface area contributed by atoms with Crippen LogP contribution in [0, 0.1) is 0 Å². The molecule has 6 heteroatoms. The van der Waals surface area contributed by atoms with Crippen LogP contribution in [0.3, 0.4) is 0 Å². The summed E-state index contributed by atoms with van der Waals surface area (Å²) in [5.74, 6) is -1.06. The summed E-state index contributed by atoms with van der Waals surface area (Å²) in [6, 6.07) is 0. The third kappa shape index (κ3) is 52.9. The quantitative estimate of drug-likeness (QED) is 0.0199. The van der Waals surface area contributed by atoms with Crippen molar-refractivity contribution in [1.82, 2.24) is 0 Å². The molecule has 0 aliphatic rings. The zero-order valence-electron chi connectivity index (χ0n) is 43.4. The summed E-state index contributed by atoms with van der Waals surface area (Å²) < 4.78 is 16.7. The Morgan fingerprint density at radius 2 is 0.657 bits per heavy atom. The first-order valence-corrected chi connectivity index (χ1v) is 27.5. The van der Waals surface area contributed by atoms with Gasteiger partial charge < -0.3 is 14.2 Å². The molecule has 0 aromatic carbocycles. The van der Waals surface area contributed by atoms with Crippen molar-refractivity contribution in [2.75, 3.05) is 13.2 Å². The van der Waals surface area contributed by atoms with E-state index in [9.17, 15) is 14.4 Å². The molecule has 1 unspecified atom stereocenters. The maximum atomic E-state index is 12.8. The van der Waals surface area contributed by atoms with Gasteiger partial charge in [0.15, 0.2) is 6.10 Å². The van der Waals surface area contributed by atoms with E-state index in [1.807, 2.05) is 54.7 Å². The molecule has 0 saturated carbocycles. The van der Waals surface area contributed by atoms with Crippen molar-refractivity contribution in [3.05, 3.63) is 109 Å². The number of esters is 3. The molecule has 67 heavy (non-hydrogen) atoms. The van der Waals surface area contributed by atoms with Gasteiger partial charge in [-0.25, -0.2) is 0 Å². The van der Waals surface area contributed by atoms with Crippen molar-refractivity contribution in [1.29, 1.82) is 0 Å². The SMILES string of the molecule is CC/C=C/C=C/C=C/C=C/C=C/CCCC(=O)OCC(COC(=O)CCCCCCCCC/C=C/CCCCCCCCCC)OC(=O)CCC/C=C/C/C=C/C/C=C/CCCCCCCC. The highest BCUT2D eigenvalue weighted by atomic mass is 16.6. The Kier molecular flexibility index (Phi) is 51.5. The minimum absolute atomic E-state index is 0.124. The van der Waals surface area contributed by atoms with Gasteiger partial charge in [-0.15, -0.1) is 0 Å². The highest BCUT2D eigenvalue weighted by Gasteiger charge is 2.19. The van der Waals surface area contributed by atoms with E-state index in [4.69, 9.17) is 14.2 Å². The maximum Gasteiger partial charge on any atom is 0.306 e. The van der Waals surface area contributed by atoms with Crippen molar-refractivity contribution in [3.8, 4) is 0 Å². The Bertz CT molecular complexity index is 1390. The Morgan fingerprint density at radius 1 is 0.328 bits per heavy atom. The van der Waals surface area contributed by atoms with Gasteiger partial charge in [0, 0.05) is 19.3 Å². The standard InChI is InChI=1S/C61H100O6/c1-4-7-10-13-16-19-22-25-27-29-30-32-33-36-39-42-45-48-51-54-60(63)66-57-58(56-65-59(62)53-50-47-44-41-38-35-24-21-18-15-12-9-6-3)67-61(64)55-52-49-46-43-40-37-34-31-28-26-23-20-17-14-11-8-5-2/h9,12,15,18,21,24,26,28-30,34-35,37-38,41,43-44,46,58H,4-8,10-11,13-14,16-17,19-20,22-23,25,27,31-33,36,39-40,42,45,47-57H2,1-3H3/b12-9+,18-15+,24-21+,28-26+,30-29+,37-34+,38-35+,44-41+,46-43+. The van der Waals surface area contributed by atoms with E-state index >= 15 is 0 Å². The van der Waals surface area contributed by atoms with Gasteiger partial charge in [0.25, 0.3) is 0 Å². The Labute approximate surface area is 412 Å². The van der Waals surface area contributed by atoms with Crippen molar-refractivity contribution in [3.63, 3.8) is 0 Å². The average Bonchev–Trinajstić information content (AvgIpc) is 3.33. The number of hydrogen-bond donors (Lipinski definition) is 0. The zero-order valence-corrected chi connectivity index (χ0v) is 43.4. The second-order valence-electron chi connectivity index (χ2n) is 17.9. The van der Waals surface area contributed by atoms with Crippen LogP contribution in [0.2, 0.25) is 0 Å². The van der Waals surface area contributed by atoms with Crippen LogP contribution < -0.4 is 0 Å². The molecule has 0 aromatic heterocycles. The van der Waals surface area contributed by atoms with Crippen LogP contribution in [0.5, 0.6) is 0 Å². The minimum atomic E-state index is -0.837. The van der Waals surface area contributed by atoms with Crippen LogP contribution in [0.1, 0.15) is 239 Å². The lowest BCUT2D eigenvalue weighted by atomic mass is 10.1. The highest BCUT2D eigenvalue weighted by molar-refractivity contribution is 5.71. The highest BCUT2D eigenvalue weighted by Crippen LogP contribution is 2.14. The van der Waals surface area contributed by atoms with Gasteiger partial charge in [0.2, 0.25) is 0 Å². The maximum absolute atomic E-state index is 12.8. The summed E-state index contributed by atoms with van der Waals surface area (Å²) in [6.07, 6.45) is 73.8. The van der Waals surface area contributed by atoms with E-state index in [2.05, 4.69) is 75.5 Å². The fraction of sp³-hybridized carbons (Fsp3) is 0.656. The normalized spacial score (nSPS) is 12.9. The van der Waals surface area contributed by atoms with Crippen LogP contribution >= 0.6 is 0 Å². The summed E-state index contributed by atoms with van der Waals surface area (Å²) >= 11 is 0. The summed E-state index contributed by atoms with van der Waals surface area (Å²) in [4.78, 5) is 38.0. The number of unbranched alkanes of at least 4 members (excludes halogenated alkanes) is 23. The summed E-state index contributed by atoms with van der Waals surface area (Å²) in [6.45, 7) is 6.37. The minimum Gasteiger partial charge on any atom is -0.462 e. The van der Waals surface area contributed by atoms with Gasteiger partial charge in [-0.3, -0.25) is 14.4 Å². The number of ether oxygens (including phenoxy) is 3. The van der Waals surface area contributed by atoms with E-state index in [1.165, 1.54) is 135 Å². The van der Waals surface area contributed by atoms with Crippen LogP contribution in [0.25, 0.3) is 0 Å². The second-order valence-corrected chi connectivity index (χ2v) is 17.9. The van der Waals surface area contributed by atoms with Crippen LogP contribution in [-0.2, 0) is 28.6 Å². The van der Waals surface area contributed by atoms with Crippen LogP contribution in [0.4, 0.5) is 0 Å². The Balaban J connectivity index is 4.53. The van der Waals surface area contributed by atoms with Gasteiger partial charge in [-0.2, -0.15) is 0 Å². The average molecular weight is 929 g/mol. The van der Waals surface area contributed by atoms with Crippen molar-refractivity contribution in [2.24, 2.45) is 0 Å². The van der Waals surface area contributed by atoms with E-state index in [0.717, 1.165) is 51.4 Å². The van der Waals surface area contributed by atoms with Crippen LogP contribution in [0.15, 0.2) is 109 Å². The van der Waals surface area contributed by atoms with Crippen LogP contribution in [-0.4, -0.2) is 37.2 Å². The molecule has 0 rings (SSSR count). The lowest BCUT2D eigenvalue weighted by molar-refractivity contribution is -0.167. The zero-order chi connectivity index (χ0) is 48.6. The molecule has 0 aliphatic carbocycles. The predicted octanol–water partition coefficient (Wildman–Crippen LogP) is 18.3. The first-order chi connectivity index (χ1) is 33.0. The second kappa shape index (κ2) is 54.7. The summed E-state index contributed by atoms with van der Waals surface area (Å²) in [5, 5.41) is 0. The molecule has 0 spiro atoms. The van der Waals surface area contributed by atoms with Crippen molar-refractivity contribution in [2.45, 2.75) is 245 Å². The topological polar surface area (TPSA) is 78.9 Å². The van der Waals surface area contributed by atoms with E-state index in [-0.39, 0.29) is 44.0 Å². The molecule has 0 bridgehead atoms. The van der Waals surface area contributed by atoms with Gasteiger partial charge in [0.05, 0.1) is 0 Å². The molecule has 0 fully saturated rings. The fourth-order valence-corrected chi connectivity index (χ4v) is 7.25.